The van der Waals surface area contributed by atoms with E-state index in [1.165, 1.54) is 32.1 Å². The predicted molar refractivity (Wildman–Crippen MR) is 90.1 cm³/mol. The van der Waals surface area contributed by atoms with Gasteiger partial charge < -0.3 is 5.32 Å². The molecule has 0 saturated heterocycles. The lowest BCUT2D eigenvalue weighted by Crippen LogP contribution is -2.17. The van der Waals surface area contributed by atoms with Crippen molar-refractivity contribution in [1.82, 2.24) is 9.97 Å². The molecule has 0 amide bonds. The summed E-state index contributed by atoms with van der Waals surface area (Å²) in [7, 11) is 0. The van der Waals surface area contributed by atoms with Crippen LogP contribution in [0.4, 0.5) is 5.82 Å². The maximum atomic E-state index is 6.22. The maximum Gasteiger partial charge on any atom is 0.137 e. The number of halogens is 1. The van der Waals surface area contributed by atoms with Crippen molar-refractivity contribution in [2.45, 2.75) is 65.7 Å². The number of anilines is 1. The van der Waals surface area contributed by atoms with Gasteiger partial charge in [0.1, 0.15) is 16.8 Å². The lowest BCUT2D eigenvalue weighted by Gasteiger charge is -2.26. The smallest absolute Gasteiger partial charge is 0.137 e. The van der Waals surface area contributed by atoms with Crippen LogP contribution in [-0.2, 0) is 0 Å². The van der Waals surface area contributed by atoms with Gasteiger partial charge in [0.25, 0.3) is 0 Å². The van der Waals surface area contributed by atoms with Gasteiger partial charge in [-0.05, 0) is 25.2 Å². The Balaban J connectivity index is 1.90. The Labute approximate surface area is 133 Å². The maximum absolute atomic E-state index is 6.22. The largest absolute Gasteiger partial charge is 0.370 e. The number of aromatic nitrogens is 2. The molecule has 2 rings (SSSR count). The van der Waals surface area contributed by atoms with Crippen LogP contribution in [0.25, 0.3) is 0 Å². The van der Waals surface area contributed by atoms with Gasteiger partial charge in [-0.2, -0.15) is 0 Å². The molecule has 1 aliphatic rings. The minimum absolute atomic E-state index is 0.295. The highest BCUT2D eigenvalue weighted by Gasteiger charge is 2.18. The van der Waals surface area contributed by atoms with Crippen molar-refractivity contribution in [1.29, 1.82) is 0 Å². The van der Waals surface area contributed by atoms with Crippen molar-refractivity contribution in [3.8, 4) is 0 Å². The summed E-state index contributed by atoms with van der Waals surface area (Å²) < 4.78 is 0. The molecule has 118 valence electrons. The van der Waals surface area contributed by atoms with Crippen molar-refractivity contribution in [3.63, 3.8) is 0 Å². The van der Waals surface area contributed by atoms with Gasteiger partial charge in [-0.15, -0.1) is 0 Å². The van der Waals surface area contributed by atoms with E-state index in [2.05, 4.69) is 36.1 Å². The first-order chi connectivity index (χ1) is 9.97. The fourth-order valence-corrected chi connectivity index (χ4v) is 3.12. The normalized spacial score (nSPS) is 22.6. The molecule has 0 spiro atoms. The van der Waals surface area contributed by atoms with Crippen molar-refractivity contribution in [3.05, 3.63) is 16.5 Å². The third-order valence-electron chi connectivity index (χ3n) is 4.60. The van der Waals surface area contributed by atoms with E-state index in [1.807, 2.05) is 6.92 Å². The SMILES string of the molecule is Cc1c(Cl)nc(C(C)C)nc1NCCC1CCC(C)CC1. The van der Waals surface area contributed by atoms with E-state index in [1.54, 1.807) is 0 Å². The minimum atomic E-state index is 0.295. The van der Waals surface area contributed by atoms with Crippen LogP contribution in [0.1, 0.15) is 70.2 Å². The van der Waals surface area contributed by atoms with Gasteiger partial charge in [-0.1, -0.05) is 58.1 Å². The third kappa shape index (κ3) is 4.57. The molecule has 4 heteroatoms. The molecule has 0 aromatic carbocycles. The number of hydrogen-bond donors (Lipinski definition) is 1. The molecule has 1 saturated carbocycles. The summed E-state index contributed by atoms with van der Waals surface area (Å²) in [6.45, 7) is 9.51. The second-order valence-corrected chi connectivity index (χ2v) is 7.20. The van der Waals surface area contributed by atoms with Crippen LogP contribution in [0.3, 0.4) is 0 Å². The Bertz CT molecular complexity index is 465. The molecule has 1 aromatic rings. The average molecular weight is 310 g/mol. The summed E-state index contributed by atoms with van der Waals surface area (Å²) >= 11 is 6.22. The minimum Gasteiger partial charge on any atom is -0.370 e. The first kappa shape index (κ1) is 16.5. The van der Waals surface area contributed by atoms with Crippen LogP contribution >= 0.6 is 11.6 Å². The summed E-state index contributed by atoms with van der Waals surface area (Å²) in [5.74, 6) is 3.81. The number of rotatable bonds is 5. The summed E-state index contributed by atoms with van der Waals surface area (Å²) in [4.78, 5) is 8.97. The second kappa shape index (κ2) is 7.44. The van der Waals surface area contributed by atoms with Gasteiger partial charge in [0, 0.05) is 18.0 Å². The first-order valence-corrected chi connectivity index (χ1v) is 8.63. The molecular weight excluding hydrogens is 282 g/mol. The Hall–Kier alpha value is -0.830. The van der Waals surface area contributed by atoms with Gasteiger partial charge in [0.15, 0.2) is 0 Å². The molecule has 1 heterocycles. The zero-order valence-electron chi connectivity index (χ0n) is 13.7. The second-order valence-electron chi connectivity index (χ2n) is 6.84. The van der Waals surface area contributed by atoms with Crippen molar-refractivity contribution < 1.29 is 0 Å². The van der Waals surface area contributed by atoms with Crippen LogP contribution in [0, 0.1) is 18.8 Å². The molecular formula is C17H28ClN3. The quantitative estimate of drug-likeness (QED) is 0.761. The van der Waals surface area contributed by atoms with E-state index >= 15 is 0 Å². The Morgan fingerprint density at radius 2 is 1.86 bits per heavy atom. The molecule has 3 nitrogen and oxygen atoms in total. The van der Waals surface area contributed by atoms with Crippen LogP contribution in [0.15, 0.2) is 0 Å². The molecule has 0 unspecified atom stereocenters. The van der Waals surface area contributed by atoms with Crippen LogP contribution in [-0.4, -0.2) is 16.5 Å². The first-order valence-electron chi connectivity index (χ1n) is 8.25. The van der Waals surface area contributed by atoms with Gasteiger partial charge in [-0.3, -0.25) is 0 Å². The van der Waals surface area contributed by atoms with Gasteiger partial charge in [0.05, 0.1) is 0 Å². The highest BCUT2D eigenvalue weighted by Crippen LogP contribution is 2.30. The lowest BCUT2D eigenvalue weighted by atomic mass is 9.81. The highest BCUT2D eigenvalue weighted by molar-refractivity contribution is 6.30. The summed E-state index contributed by atoms with van der Waals surface area (Å²) in [5.41, 5.74) is 0.957. The molecule has 1 aliphatic carbocycles. The van der Waals surface area contributed by atoms with Crippen molar-refractivity contribution in [2.75, 3.05) is 11.9 Å². The van der Waals surface area contributed by atoms with E-state index in [4.69, 9.17) is 11.6 Å². The topological polar surface area (TPSA) is 37.8 Å². The average Bonchev–Trinajstić information content (AvgIpc) is 2.45. The highest BCUT2D eigenvalue weighted by atomic mass is 35.5. The van der Waals surface area contributed by atoms with Crippen molar-refractivity contribution in [2.24, 2.45) is 11.8 Å². The molecule has 1 aromatic heterocycles. The summed E-state index contributed by atoms with van der Waals surface area (Å²) in [5, 5.41) is 4.04. The van der Waals surface area contributed by atoms with E-state index in [-0.39, 0.29) is 0 Å². The zero-order valence-corrected chi connectivity index (χ0v) is 14.5. The number of hydrogen-bond acceptors (Lipinski definition) is 3. The van der Waals surface area contributed by atoms with E-state index in [0.29, 0.717) is 11.1 Å². The van der Waals surface area contributed by atoms with Crippen LogP contribution < -0.4 is 5.32 Å². The van der Waals surface area contributed by atoms with E-state index in [9.17, 15) is 0 Å². The molecule has 0 radical (unpaired) electrons. The fraction of sp³-hybridized carbons (Fsp3) is 0.765. The summed E-state index contributed by atoms with van der Waals surface area (Å²) in [6.07, 6.45) is 6.76. The number of nitrogens with one attached hydrogen (secondary N) is 1. The van der Waals surface area contributed by atoms with Crippen molar-refractivity contribution >= 4 is 17.4 Å². The number of nitrogens with zero attached hydrogens (tertiary/aromatic N) is 2. The lowest BCUT2D eigenvalue weighted by molar-refractivity contribution is 0.282. The Kier molecular flexibility index (Phi) is 5.86. The zero-order chi connectivity index (χ0) is 15.4. The standard InChI is InChI=1S/C17H28ClN3/c1-11(2)16-20-15(18)13(4)17(21-16)19-10-9-14-7-5-12(3)6-8-14/h11-12,14H,5-10H2,1-4H3,(H,19,20,21). The fourth-order valence-electron chi connectivity index (χ4n) is 2.95. The van der Waals surface area contributed by atoms with E-state index in [0.717, 1.165) is 35.6 Å². The Morgan fingerprint density at radius 1 is 1.19 bits per heavy atom. The molecule has 0 aliphatic heterocycles. The molecule has 0 atom stereocenters. The Morgan fingerprint density at radius 3 is 2.48 bits per heavy atom. The van der Waals surface area contributed by atoms with Crippen LogP contribution in [0.2, 0.25) is 5.15 Å². The molecule has 1 fully saturated rings. The third-order valence-corrected chi connectivity index (χ3v) is 4.97. The monoisotopic (exact) mass is 309 g/mol. The summed E-state index contributed by atoms with van der Waals surface area (Å²) in [6, 6.07) is 0. The molecule has 21 heavy (non-hydrogen) atoms. The predicted octanol–water partition coefficient (Wildman–Crippen LogP) is 5.19. The molecule has 1 N–H and O–H groups in total. The van der Waals surface area contributed by atoms with E-state index < -0.39 is 0 Å². The molecule has 0 bridgehead atoms. The van der Waals surface area contributed by atoms with Gasteiger partial charge in [-0.25, -0.2) is 9.97 Å². The van der Waals surface area contributed by atoms with Gasteiger partial charge >= 0.3 is 0 Å². The van der Waals surface area contributed by atoms with Gasteiger partial charge in [0.2, 0.25) is 0 Å². The van der Waals surface area contributed by atoms with Crippen LogP contribution in [0.5, 0.6) is 0 Å².